The quantitative estimate of drug-likeness (QED) is 0.844. The molecule has 0 radical (unpaired) electrons. The molecule has 1 saturated heterocycles. The Hall–Kier alpha value is -2.37. The smallest absolute Gasteiger partial charge is 0.325 e. The molecule has 2 unspecified atom stereocenters. The molecule has 1 N–H and O–H groups in total. The number of benzene rings is 1. The summed E-state index contributed by atoms with van der Waals surface area (Å²) in [4.78, 5) is 37.9. The van der Waals surface area contributed by atoms with Gasteiger partial charge in [-0.15, -0.1) is 0 Å². The number of rotatable bonds is 5. The maximum atomic E-state index is 12.9. The number of carbonyl (C=O) groups is 3. The molecule has 23 heavy (non-hydrogen) atoms. The lowest BCUT2D eigenvalue weighted by molar-refractivity contribution is -0.137. The third-order valence-corrected chi connectivity index (χ3v) is 4.52. The molecule has 124 valence electrons. The molecule has 1 fully saturated rings. The van der Waals surface area contributed by atoms with Crippen LogP contribution in [0.25, 0.3) is 0 Å². The lowest BCUT2D eigenvalue weighted by Crippen LogP contribution is -2.46. The standard InChI is InChI=1S/C17H22N2O4/c1-6-17(13-7-8-14(23-5)10(2)9-13)15(21)19(16(22)18-17)11(3)12(4)20/h7-9,11H,6H2,1-5H3,(H,18,22). The molecule has 0 saturated carbocycles. The lowest BCUT2D eigenvalue weighted by Gasteiger charge is -2.27. The minimum atomic E-state index is -1.14. The number of ether oxygens (including phenoxy) is 1. The number of imide groups is 1. The van der Waals surface area contributed by atoms with E-state index in [1.807, 2.05) is 19.9 Å². The van der Waals surface area contributed by atoms with E-state index in [1.54, 1.807) is 26.2 Å². The van der Waals surface area contributed by atoms with Crippen molar-refractivity contribution in [1.29, 1.82) is 0 Å². The van der Waals surface area contributed by atoms with E-state index in [4.69, 9.17) is 4.74 Å². The van der Waals surface area contributed by atoms with E-state index in [0.717, 1.165) is 10.5 Å². The molecule has 1 aliphatic heterocycles. The van der Waals surface area contributed by atoms with Gasteiger partial charge in [0, 0.05) is 0 Å². The van der Waals surface area contributed by atoms with Crippen LogP contribution < -0.4 is 10.1 Å². The fourth-order valence-electron chi connectivity index (χ4n) is 2.91. The molecule has 3 amide bonds. The van der Waals surface area contributed by atoms with Gasteiger partial charge in [-0.25, -0.2) is 4.79 Å². The number of amides is 3. The maximum absolute atomic E-state index is 12.9. The van der Waals surface area contributed by atoms with E-state index in [-0.39, 0.29) is 5.78 Å². The molecule has 1 aliphatic rings. The van der Waals surface area contributed by atoms with Gasteiger partial charge in [-0.3, -0.25) is 14.5 Å². The van der Waals surface area contributed by atoms with Gasteiger partial charge in [0.25, 0.3) is 5.91 Å². The first-order valence-corrected chi connectivity index (χ1v) is 7.59. The number of carbonyl (C=O) groups excluding carboxylic acids is 3. The SMILES string of the molecule is CCC1(c2ccc(OC)c(C)c2)NC(=O)N(C(C)C(C)=O)C1=O. The molecule has 0 aliphatic carbocycles. The first kappa shape index (κ1) is 17.0. The predicted octanol–water partition coefficient (Wildman–Crippen LogP) is 2.14. The van der Waals surface area contributed by atoms with Crippen LogP contribution in [0, 0.1) is 6.92 Å². The van der Waals surface area contributed by atoms with Gasteiger partial charge in [0.2, 0.25) is 0 Å². The Bertz CT molecular complexity index is 671. The maximum Gasteiger partial charge on any atom is 0.325 e. The summed E-state index contributed by atoms with van der Waals surface area (Å²) in [5.41, 5.74) is 0.422. The van der Waals surface area contributed by atoms with Crippen LogP contribution in [0.3, 0.4) is 0 Å². The lowest BCUT2D eigenvalue weighted by atomic mass is 9.86. The summed E-state index contributed by atoms with van der Waals surface area (Å²) in [7, 11) is 1.58. The van der Waals surface area contributed by atoms with Crippen molar-refractivity contribution in [3.8, 4) is 5.75 Å². The fourth-order valence-corrected chi connectivity index (χ4v) is 2.91. The van der Waals surface area contributed by atoms with Crippen molar-refractivity contribution >= 4 is 17.7 Å². The van der Waals surface area contributed by atoms with Gasteiger partial charge in [0.1, 0.15) is 11.3 Å². The Morgan fingerprint density at radius 3 is 2.52 bits per heavy atom. The Morgan fingerprint density at radius 2 is 2.04 bits per heavy atom. The van der Waals surface area contributed by atoms with Crippen LogP contribution in [0.4, 0.5) is 4.79 Å². The van der Waals surface area contributed by atoms with E-state index in [1.165, 1.54) is 6.92 Å². The molecule has 2 atom stereocenters. The summed E-state index contributed by atoms with van der Waals surface area (Å²) in [6.45, 7) is 6.64. The third kappa shape index (κ3) is 2.58. The largest absolute Gasteiger partial charge is 0.496 e. The van der Waals surface area contributed by atoms with Crippen LogP contribution in [0.5, 0.6) is 5.75 Å². The molecule has 6 heteroatoms. The number of aryl methyl sites for hydroxylation is 1. The van der Waals surface area contributed by atoms with Crippen molar-refractivity contribution in [2.24, 2.45) is 0 Å². The average Bonchev–Trinajstić information content (AvgIpc) is 2.77. The van der Waals surface area contributed by atoms with Gasteiger partial charge < -0.3 is 10.1 Å². The zero-order valence-corrected chi connectivity index (χ0v) is 14.1. The Labute approximate surface area is 135 Å². The van der Waals surface area contributed by atoms with E-state index < -0.39 is 23.5 Å². The number of hydrogen-bond donors (Lipinski definition) is 1. The minimum absolute atomic E-state index is 0.230. The highest BCUT2D eigenvalue weighted by atomic mass is 16.5. The molecular weight excluding hydrogens is 296 g/mol. The number of nitrogens with one attached hydrogen (secondary N) is 1. The molecule has 0 bridgehead atoms. The Balaban J connectivity index is 2.50. The van der Waals surface area contributed by atoms with Gasteiger partial charge in [0.05, 0.1) is 13.2 Å². The van der Waals surface area contributed by atoms with Crippen LogP contribution in [0.2, 0.25) is 0 Å². The monoisotopic (exact) mass is 318 g/mol. The van der Waals surface area contributed by atoms with Crippen molar-refractivity contribution in [1.82, 2.24) is 10.2 Å². The van der Waals surface area contributed by atoms with Crippen molar-refractivity contribution in [2.45, 2.75) is 45.7 Å². The number of nitrogens with zero attached hydrogens (tertiary/aromatic N) is 1. The summed E-state index contributed by atoms with van der Waals surface area (Å²) >= 11 is 0. The average molecular weight is 318 g/mol. The first-order chi connectivity index (χ1) is 10.8. The van der Waals surface area contributed by atoms with Crippen LogP contribution in [0.1, 0.15) is 38.3 Å². The summed E-state index contributed by atoms with van der Waals surface area (Å²) in [5, 5.41) is 2.78. The number of methoxy groups -OCH3 is 1. The van der Waals surface area contributed by atoms with Crippen molar-refractivity contribution in [3.63, 3.8) is 0 Å². The van der Waals surface area contributed by atoms with Crippen LogP contribution in [-0.2, 0) is 15.1 Å². The van der Waals surface area contributed by atoms with Crippen LogP contribution in [-0.4, -0.2) is 35.8 Å². The number of hydrogen-bond acceptors (Lipinski definition) is 4. The highest BCUT2D eigenvalue weighted by Gasteiger charge is 2.53. The zero-order valence-electron chi connectivity index (χ0n) is 14.1. The molecule has 6 nitrogen and oxygen atoms in total. The first-order valence-electron chi connectivity index (χ1n) is 7.59. The van der Waals surface area contributed by atoms with Gasteiger partial charge in [-0.2, -0.15) is 0 Å². The van der Waals surface area contributed by atoms with Crippen LogP contribution in [0.15, 0.2) is 18.2 Å². The van der Waals surface area contributed by atoms with Gasteiger partial charge >= 0.3 is 6.03 Å². The molecule has 1 aromatic rings. The second-order valence-electron chi connectivity index (χ2n) is 5.84. The minimum Gasteiger partial charge on any atom is -0.496 e. The van der Waals surface area contributed by atoms with E-state index in [9.17, 15) is 14.4 Å². The summed E-state index contributed by atoms with van der Waals surface area (Å²) < 4.78 is 5.24. The van der Waals surface area contributed by atoms with Crippen molar-refractivity contribution in [2.75, 3.05) is 7.11 Å². The van der Waals surface area contributed by atoms with E-state index >= 15 is 0 Å². The van der Waals surface area contributed by atoms with Gasteiger partial charge in [0.15, 0.2) is 5.78 Å². The highest BCUT2D eigenvalue weighted by molar-refractivity contribution is 6.10. The van der Waals surface area contributed by atoms with Crippen molar-refractivity contribution in [3.05, 3.63) is 29.3 Å². The predicted molar refractivity (Wildman–Crippen MR) is 85.2 cm³/mol. The number of ketones is 1. The molecule has 1 aromatic carbocycles. The van der Waals surface area contributed by atoms with Crippen molar-refractivity contribution < 1.29 is 19.1 Å². The molecule has 0 aromatic heterocycles. The molecule has 0 spiro atoms. The molecule has 2 rings (SSSR count). The van der Waals surface area contributed by atoms with Gasteiger partial charge in [-0.1, -0.05) is 13.0 Å². The van der Waals surface area contributed by atoms with E-state index in [2.05, 4.69) is 5.32 Å². The summed E-state index contributed by atoms with van der Waals surface area (Å²) in [6.07, 6.45) is 0.393. The Morgan fingerprint density at radius 1 is 1.39 bits per heavy atom. The van der Waals surface area contributed by atoms with Crippen LogP contribution >= 0.6 is 0 Å². The molecule has 1 heterocycles. The normalized spacial score (nSPS) is 22.0. The van der Waals surface area contributed by atoms with Gasteiger partial charge in [-0.05, 0) is 50.5 Å². The molecular formula is C17H22N2O4. The summed E-state index contributed by atoms with van der Waals surface area (Å²) in [6, 6.07) is 4.07. The zero-order chi connectivity index (χ0) is 17.4. The van der Waals surface area contributed by atoms with E-state index in [0.29, 0.717) is 17.7 Å². The Kier molecular flexibility index (Phi) is 4.45. The number of Topliss-reactive ketones (excluding diaryl/α,β-unsaturated/α-hetero) is 1. The highest BCUT2D eigenvalue weighted by Crippen LogP contribution is 2.35. The summed E-state index contributed by atoms with van der Waals surface area (Å²) in [5.74, 6) is 0.0920. The second kappa shape index (κ2) is 6.02. The number of urea groups is 1. The second-order valence-corrected chi connectivity index (χ2v) is 5.84. The third-order valence-electron chi connectivity index (χ3n) is 4.52. The fraction of sp³-hybridized carbons (Fsp3) is 0.471. The topological polar surface area (TPSA) is 75.7 Å².